The van der Waals surface area contributed by atoms with E-state index < -0.39 is 0 Å². The standard InChI is InChI=1S/C11H16N2O2/c1-9-5-10(7-13-6-9)11(14)8-12-3-4-15-2/h5-7,12H,3-4,8H2,1-2H3. The summed E-state index contributed by atoms with van der Waals surface area (Å²) in [4.78, 5) is 15.6. The van der Waals surface area contributed by atoms with E-state index in [1.54, 1.807) is 19.5 Å². The number of pyridine rings is 1. The topological polar surface area (TPSA) is 51.2 Å². The zero-order valence-corrected chi connectivity index (χ0v) is 9.12. The van der Waals surface area contributed by atoms with Crippen LogP contribution in [0.4, 0.5) is 0 Å². The number of carbonyl (C=O) groups excluding carboxylic acids is 1. The van der Waals surface area contributed by atoms with E-state index in [0.29, 0.717) is 25.3 Å². The second-order valence-corrected chi connectivity index (χ2v) is 3.34. The minimum atomic E-state index is 0.0577. The van der Waals surface area contributed by atoms with E-state index in [-0.39, 0.29) is 5.78 Å². The molecule has 0 saturated carbocycles. The lowest BCUT2D eigenvalue weighted by Crippen LogP contribution is -2.26. The molecule has 1 heterocycles. The first kappa shape index (κ1) is 11.8. The van der Waals surface area contributed by atoms with Gasteiger partial charge in [0.15, 0.2) is 5.78 Å². The van der Waals surface area contributed by atoms with Crippen molar-refractivity contribution in [3.05, 3.63) is 29.6 Å². The van der Waals surface area contributed by atoms with Crippen molar-refractivity contribution in [1.82, 2.24) is 10.3 Å². The monoisotopic (exact) mass is 208 g/mol. The number of carbonyl (C=O) groups is 1. The number of aryl methyl sites for hydroxylation is 1. The molecule has 0 amide bonds. The van der Waals surface area contributed by atoms with Crippen molar-refractivity contribution in [2.75, 3.05) is 26.8 Å². The summed E-state index contributed by atoms with van der Waals surface area (Å²) in [7, 11) is 1.63. The van der Waals surface area contributed by atoms with Crippen LogP contribution >= 0.6 is 0 Å². The number of hydrogen-bond donors (Lipinski definition) is 1. The third-order valence-corrected chi connectivity index (χ3v) is 1.97. The van der Waals surface area contributed by atoms with Gasteiger partial charge in [-0.05, 0) is 18.6 Å². The van der Waals surface area contributed by atoms with Crippen molar-refractivity contribution < 1.29 is 9.53 Å². The normalized spacial score (nSPS) is 10.3. The van der Waals surface area contributed by atoms with Gasteiger partial charge in [-0.25, -0.2) is 0 Å². The Bertz CT molecular complexity index is 326. The van der Waals surface area contributed by atoms with E-state index in [1.165, 1.54) is 0 Å². The van der Waals surface area contributed by atoms with Gasteiger partial charge in [0.05, 0.1) is 13.2 Å². The van der Waals surface area contributed by atoms with Crippen molar-refractivity contribution in [2.45, 2.75) is 6.92 Å². The molecule has 0 aliphatic heterocycles. The van der Waals surface area contributed by atoms with Crippen LogP contribution in [-0.2, 0) is 4.74 Å². The van der Waals surface area contributed by atoms with Crippen molar-refractivity contribution >= 4 is 5.78 Å². The van der Waals surface area contributed by atoms with E-state index in [4.69, 9.17) is 4.74 Å². The fourth-order valence-electron chi connectivity index (χ4n) is 1.19. The van der Waals surface area contributed by atoms with Gasteiger partial charge in [0.2, 0.25) is 0 Å². The minimum Gasteiger partial charge on any atom is -0.383 e. The lowest BCUT2D eigenvalue weighted by molar-refractivity contribution is 0.0987. The first-order chi connectivity index (χ1) is 7.24. The first-order valence-corrected chi connectivity index (χ1v) is 4.88. The maximum Gasteiger partial charge on any atom is 0.178 e. The molecule has 4 nitrogen and oxygen atoms in total. The number of ether oxygens (including phenoxy) is 1. The molecule has 0 saturated heterocycles. The summed E-state index contributed by atoms with van der Waals surface area (Å²) in [6, 6.07) is 1.84. The summed E-state index contributed by atoms with van der Waals surface area (Å²) in [5.41, 5.74) is 1.65. The van der Waals surface area contributed by atoms with Crippen LogP contribution in [0.25, 0.3) is 0 Å². The minimum absolute atomic E-state index is 0.0577. The number of nitrogens with one attached hydrogen (secondary N) is 1. The SMILES string of the molecule is COCCNCC(=O)c1cncc(C)c1. The van der Waals surface area contributed by atoms with E-state index in [2.05, 4.69) is 10.3 Å². The van der Waals surface area contributed by atoms with Crippen LogP contribution in [0.5, 0.6) is 0 Å². The van der Waals surface area contributed by atoms with Gasteiger partial charge in [-0.3, -0.25) is 9.78 Å². The fourth-order valence-corrected chi connectivity index (χ4v) is 1.19. The van der Waals surface area contributed by atoms with Gasteiger partial charge < -0.3 is 10.1 Å². The molecule has 4 heteroatoms. The molecule has 0 bridgehead atoms. The quantitative estimate of drug-likeness (QED) is 0.555. The zero-order chi connectivity index (χ0) is 11.1. The van der Waals surface area contributed by atoms with Crippen LogP contribution in [0.2, 0.25) is 0 Å². The first-order valence-electron chi connectivity index (χ1n) is 4.88. The number of aromatic nitrogens is 1. The molecule has 82 valence electrons. The maximum atomic E-state index is 11.6. The van der Waals surface area contributed by atoms with Gasteiger partial charge in [0.25, 0.3) is 0 Å². The highest BCUT2D eigenvalue weighted by molar-refractivity contribution is 5.97. The Balaban J connectivity index is 2.40. The van der Waals surface area contributed by atoms with Gasteiger partial charge in [0, 0.05) is 31.6 Å². The van der Waals surface area contributed by atoms with Crippen LogP contribution in [0.15, 0.2) is 18.5 Å². The summed E-state index contributed by atoms with van der Waals surface area (Å²) in [6.07, 6.45) is 3.32. The molecule has 0 fully saturated rings. The molecule has 0 atom stereocenters. The molecular formula is C11H16N2O2. The van der Waals surface area contributed by atoms with Crippen LogP contribution in [-0.4, -0.2) is 37.6 Å². The summed E-state index contributed by atoms with van der Waals surface area (Å²) >= 11 is 0. The molecule has 0 aliphatic carbocycles. The van der Waals surface area contributed by atoms with Crippen molar-refractivity contribution in [3.8, 4) is 0 Å². The van der Waals surface area contributed by atoms with Gasteiger partial charge in [-0.15, -0.1) is 0 Å². The number of Topliss-reactive ketones (excluding diaryl/α,β-unsaturated/α-hetero) is 1. The highest BCUT2D eigenvalue weighted by Crippen LogP contribution is 2.01. The number of nitrogens with zero attached hydrogens (tertiary/aromatic N) is 1. The highest BCUT2D eigenvalue weighted by atomic mass is 16.5. The Hall–Kier alpha value is -1.26. The van der Waals surface area contributed by atoms with E-state index in [1.807, 2.05) is 13.0 Å². The smallest absolute Gasteiger partial charge is 0.178 e. The molecule has 0 aromatic carbocycles. The van der Waals surface area contributed by atoms with Crippen molar-refractivity contribution in [2.24, 2.45) is 0 Å². The molecule has 15 heavy (non-hydrogen) atoms. The van der Waals surface area contributed by atoms with Gasteiger partial charge in [-0.1, -0.05) is 0 Å². The van der Waals surface area contributed by atoms with Crippen LogP contribution in [0.1, 0.15) is 15.9 Å². The molecule has 0 spiro atoms. The molecular weight excluding hydrogens is 192 g/mol. The lowest BCUT2D eigenvalue weighted by Gasteiger charge is -2.03. The number of rotatable bonds is 6. The third-order valence-electron chi connectivity index (χ3n) is 1.97. The number of ketones is 1. The fraction of sp³-hybridized carbons (Fsp3) is 0.455. The van der Waals surface area contributed by atoms with E-state index >= 15 is 0 Å². The second kappa shape index (κ2) is 6.27. The number of hydrogen-bond acceptors (Lipinski definition) is 4. The Morgan fingerprint density at radius 1 is 1.53 bits per heavy atom. The average Bonchev–Trinajstić information content (AvgIpc) is 2.24. The molecule has 0 unspecified atom stereocenters. The molecule has 0 radical (unpaired) electrons. The summed E-state index contributed by atoms with van der Waals surface area (Å²) < 4.78 is 4.86. The van der Waals surface area contributed by atoms with Gasteiger partial charge in [-0.2, -0.15) is 0 Å². The predicted molar refractivity (Wildman–Crippen MR) is 58.1 cm³/mol. The molecule has 1 aromatic heterocycles. The summed E-state index contributed by atoms with van der Waals surface area (Å²) in [5, 5.41) is 3.00. The molecule has 0 aliphatic rings. The van der Waals surface area contributed by atoms with Gasteiger partial charge >= 0.3 is 0 Å². The van der Waals surface area contributed by atoms with Crippen LogP contribution in [0.3, 0.4) is 0 Å². The Kier molecular flexibility index (Phi) is 4.93. The number of methoxy groups -OCH3 is 1. The average molecular weight is 208 g/mol. The maximum absolute atomic E-state index is 11.6. The van der Waals surface area contributed by atoms with Gasteiger partial charge in [0.1, 0.15) is 0 Å². The predicted octanol–water partition coefficient (Wildman–Crippen LogP) is 0.809. The zero-order valence-electron chi connectivity index (χ0n) is 9.12. The van der Waals surface area contributed by atoms with E-state index in [9.17, 15) is 4.79 Å². The molecule has 1 aromatic rings. The summed E-state index contributed by atoms with van der Waals surface area (Å²) in [6.45, 7) is 3.54. The van der Waals surface area contributed by atoms with Crippen LogP contribution < -0.4 is 5.32 Å². The van der Waals surface area contributed by atoms with Crippen molar-refractivity contribution in [3.63, 3.8) is 0 Å². The second-order valence-electron chi connectivity index (χ2n) is 3.34. The summed E-state index contributed by atoms with van der Waals surface area (Å²) in [5.74, 6) is 0.0577. The van der Waals surface area contributed by atoms with E-state index in [0.717, 1.165) is 5.56 Å². The largest absolute Gasteiger partial charge is 0.383 e. The lowest BCUT2D eigenvalue weighted by atomic mass is 10.1. The van der Waals surface area contributed by atoms with Crippen molar-refractivity contribution in [1.29, 1.82) is 0 Å². The third kappa shape index (κ3) is 4.18. The Morgan fingerprint density at radius 3 is 3.00 bits per heavy atom. The Labute approximate surface area is 89.7 Å². The molecule has 1 rings (SSSR count). The highest BCUT2D eigenvalue weighted by Gasteiger charge is 2.05. The van der Waals surface area contributed by atoms with Crippen LogP contribution in [0, 0.1) is 6.92 Å². The molecule has 1 N–H and O–H groups in total. The Morgan fingerprint density at radius 2 is 2.33 bits per heavy atom.